The minimum Gasteiger partial charge on any atom is -0.508 e. The number of amides is 1. The Morgan fingerprint density at radius 2 is 0.953 bits per heavy atom. The number of benzene rings is 6. The lowest BCUT2D eigenvalue weighted by Gasteiger charge is -2.31. The van der Waals surface area contributed by atoms with Crippen molar-refractivity contribution in [2.24, 2.45) is 0 Å². The van der Waals surface area contributed by atoms with Crippen molar-refractivity contribution >= 4 is 40.0 Å². The summed E-state index contributed by atoms with van der Waals surface area (Å²) < 4.78 is 0. The molecule has 8 rings (SSSR count). The number of hydrogen-bond donors (Lipinski definition) is 6. The normalized spacial score (nSPS) is 14.8. The molecule has 446 valence electrons. The number of phenols is 6. The molecule has 2 aliphatic rings. The second-order valence-corrected chi connectivity index (χ2v) is 23.6. The number of carbonyl (C=O) groups is 1. The average molecular weight is 1150 g/mol. The monoisotopic (exact) mass is 1140 g/mol. The van der Waals surface area contributed by atoms with Crippen molar-refractivity contribution in [2.45, 2.75) is 138 Å². The van der Waals surface area contributed by atoms with Crippen molar-refractivity contribution in [2.75, 3.05) is 45.8 Å². The van der Waals surface area contributed by atoms with Gasteiger partial charge in [0.05, 0.1) is 34.4 Å². The molecule has 85 heavy (non-hydrogen) atoms. The highest BCUT2D eigenvalue weighted by Crippen LogP contribution is 2.54. The van der Waals surface area contributed by atoms with E-state index in [4.69, 9.17) is 0 Å². The fourth-order valence-corrected chi connectivity index (χ4v) is 11.8. The van der Waals surface area contributed by atoms with Crippen LogP contribution in [0.3, 0.4) is 0 Å². The molecule has 11 nitrogen and oxygen atoms in total. The molecule has 6 N–H and O–H groups in total. The third-order valence-corrected chi connectivity index (χ3v) is 16.5. The molecule has 1 atom stereocenters. The first kappa shape index (κ1) is 62.5. The number of carbonyl (C=O) groups excluding carboxylic acids is 1. The lowest BCUT2D eigenvalue weighted by Crippen LogP contribution is -2.30. The highest BCUT2D eigenvalue weighted by Gasteiger charge is 2.36. The fourth-order valence-electron chi connectivity index (χ4n) is 11.8. The van der Waals surface area contributed by atoms with Crippen LogP contribution in [0.15, 0.2) is 185 Å². The number of anilines is 6. The van der Waals surface area contributed by atoms with Gasteiger partial charge in [-0.3, -0.25) is 4.79 Å². The highest BCUT2D eigenvalue weighted by molar-refractivity contribution is 6.16. The average Bonchev–Trinajstić information content (AvgIpc) is 1.73. The van der Waals surface area contributed by atoms with E-state index in [0.29, 0.717) is 78.6 Å². The van der Waals surface area contributed by atoms with Gasteiger partial charge in [0.1, 0.15) is 45.9 Å². The largest absolute Gasteiger partial charge is 0.508 e. The molecule has 0 aromatic heterocycles. The van der Waals surface area contributed by atoms with E-state index in [9.17, 15) is 30.6 Å². The van der Waals surface area contributed by atoms with Crippen LogP contribution in [0.5, 0.6) is 34.5 Å². The van der Waals surface area contributed by atoms with E-state index in [1.807, 2.05) is 64.4 Å². The Labute approximate surface area is 504 Å². The number of para-hydroxylation sites is 1. The topological polar surface area (TPSA) is 151 Å². The van der Waals surface area contributed by atoms with E-state index in [2.05, 4.69) is 121 Å². The van der Waals surface area contributed by atoms with Crippen molar-refractivity contribution in [3.05, 3.63) is 213 Å². The van der Waals surface area contributed by atoms with Crippen LogP contribution in [0.1, 0.15) is 152 Å². The lowest BCUT2D eigenvalue weighted by atomic mass is 9.99. The first-order valence-electron chi connectivity index (χ1n) is 30.3. The highest BCUT2D eigenvalue weighted by atomic mass is 16.3. The summed E-state index contributed by atoms with van der Waals surface area (Å²) in [6, 6.07) is 35.2. The molecule has 2 heterocycles. The van der Waals surface area contributed by atoms with Crippen LogP contribution in [-0.4, -0.2) is 62.7 Å². The lowest BCUT2D eigenvalue weighted by molar-refractivity contribution is 0.0990. The maximum atomic E-state index is 15.1. The van der Waals surface area contributed by atoms with E-state index in [1.54, 1.807) is 23.1 Å². The molecule has 0 spiro atoms. The van der Waals surface area contributed by atoms with Crippen LogP contribution in [0.2, 0.25) is 0 Å². The second kappa shape index (κ2) is 29.3. The van der Waals surface area contributed by atoms with Crippen LogP contribution in [0, 0.1) is 0 Å². The zero-order valence-electron chi connectivity index (χ0n) is 51.2. The quantitative estimate of drug-likeness (QED) is 0.0306. The third kappa shape index (κ3) is 16.2. The standard InChI is InChI=1S/C74H88N4O7/c1-50(2)21-15-22-51(3)23-16-27-54(6)37-41-76-65-47-61(80)49-69(84)73(65)77(39-20-33-57-29-11-9-12-30-57)71-63(74(76)85)44-59(45-67(71)82)43-55(7)28-18-25-52(4)24-17-26-53(5)36-40-75-56(8)62-34-19-35-66(81)70(62)78(42-38-58-31-13-10-14-32-58)72-64(75)46-60(79)48-68(72)83/h9-14,19,21,23-24,28-32,34-37,44-49,56,79-84H,15-18,20,22,25-27,33,38-43H2,1-8H3/b51-23+,52-24+,53-36+,54-37+,55-28+. The Morgan fingerprint density at radius 1 is 0.447 bits per heavy atom. The van der Waals surface area contributed by atoms with Gasteiger partial charge in [-0.1, -0.05) is 143 Å². The molecule has 1 unspecified atom stereocenters. The molecule has 0 saturated heterocycles. The van der Waals surface area contributed by atoms with Crippen molar-refractivity contribution in [1.82, 2.24) is 0 Å². The summed E-state index contributed by atoms with van der Waals surface area (Å²) in [7, 11) is 0. The van der Waals surface area contributed by atoms with Gasteiger partial charge in [0, 0.05) is 56.0 Å². The Morgan fingerprint density at radius 3 is 1.55 bits per heavy atom. The number of allylic oxidation sites excluding steroid dienone is 10. The van der Waals surface area contributed by atoms with Crippen LogP contribution in [-0.2, 0) is 19.3 Å². The van der Waals surface area contributed by atoms with Gasteiger partial charge in [0.15, 0.2) is 0 Å². The Bertz CT molecular complexity index is 3500. The van der Waals surface area contributed by atoms with Gasteiger partial charge in [-0.25, -0.2) is 0 Å². The van der Waals surface area contributed by atoms with Gasteiger partial charge < -0.3 is 50.2 Å². The van der Waals surface area contributed by atoms with E-state index >= 15 is 4.79 Å². The predicted molar refractivity (Wildman–Crippen MR) is 351 cm³/mol. The summed E-state index contributed by atoms with van der Waals surface area (Å²) >= 11 is 0. The molecule has 6 aromatic carbocycles. The number of aryl methyl sites for hydroxylation is 1. The van der Waals surface area contributed by atoms with Gasteiger partial charge in [-0.2, -0.15) is 0 Å². The molecule has 0 saturated carbocycles. The van der Waals surface area contributed by atoms with Gasteiger partial charge in [0.25, 0.3) is 5.91 Å². The molecule has 0 aliphatic carbocycles. The smallest absolute Gasteiger partial charge is 0.260 e. The summed E-state index contributed by atoms with van der Waals surface area (Å²) in [5.41, 5.74) is 14.7. The fraction of sp³-hybridized carbons (Fsp3) is 0.338. The summed E-state index contributed by atoms with van der Waals surface area (Å²) in [4.78, 5) is 22.8. The minimum absolute atomic E-state index is 0.0331. The maximum absolute atomic E-state index is 15.1. The molecular weight excluding hydrogens is 1060 g/mol. The van der Waals surface area contributed by atoms with E-state index < -0.39 is 0 Å². The van der Waals surface area contributed by atoms with Crippen molar-refractivity contribution < 1.29 is 35.4 Å². The summed E-state index contributed by atoms with van der Waals surface area (Å²) in [5.74, 6) is -0.676. The summed E-state index contributed by atoms with van der Waals surface area (Å²) in [6.45, 7) is 18.6. The molecule has 0 bridgehead atoms. The molecule has 0 fully saturated rings. The SMILES string of the molecule is CC(C)=CCC/C(C)=C/CC/C(C)=C/CN1C(=O)c2cc(C/C(C)=C/CC/C(C)=C/CC/C(C)=C/CN3c4cc(O)cc(O)c4N(CCc4ccccc4)c4c(O)cccc4C3C)cc(O)c2N(CCCc2ccccc2)c2c(O)cc(O)cc21. The van der Waals surface area contributed by atoms with Crippen LogP contribution >= 0.6 is 0 Å². The zero-order valence-corrected chi connectivity index (χ0v) is 51.2. The number of nitrogens with zero attached hydrogens (tertiary/aromatic N) is 4. The van der Waals surface area contributed by atoms with Gasteiger partial charge >= 0.3 is 0 Å². The molecule has 0 radical (unpaired) electrons. The number of hydrogen-bond acceptors (Lipinski definition) is 10. The van der Waals surface area contributed by atoms with Crippen LogP contribution in [0.25, 0.3) is 0 Å². The number of rotatable bonds is 25. The van der Waals surface area contributed by atoms with Crippen molar-refractivity contribution in [1.29, 1.82) is 0 Å². The van der Waals surface area contributed by atoms with Crippen LogP contribution in [0.4, 0.5) is 34.1 Å². The van der Waals surface area contributed by atoms with E-state index in [0.717, 1.165) is 91.2 Å². The second-order valence-electron chi connectivity index (χ2n) is 23.6. The number of fused-ring (bicyclic) bond motifs is 4. The summed E-state index contributed by atoms with van der Waals surface area (Å²) in [6.07, 6.45) is 23.1. The van der Waals surface area contributed by atoms with Gasteiger partial charge in [-0.05, 0) is 167 Å². The van der Waals surface area contributed by atoms with Gasteiger partial charge in [0.2, 0.25) is 0 Å². The summed E-state index contributed by atoms with van der Waals surface area (Å²) in [5, 5.41) is 68.6. The van der Waals surface area contributed by atoms with E-state index in [-0.39, 0.29) is 53.0 Å². The van der Waals surface area contributed by atoms with Gasteiger partial charge in [-0.15, -0.1) is 0 Å². The zero-order chi connectivity index (χ0) is 60.7. The first-order valence-corrected chi connectivity index (χ1v) is 30.3. The molecule has 11 heteroatoms. The molecular formula is C74H88N4O7. The van der Waals surface area contributed by atoms with Crippen molar-refractivity contribution in [3.63, 3.8) is 0 Å². The number of aromatic hydroxyl groups is 6. The Balaban J connectivity index is 0.952. The maximum Gasteiger partial charge on any atom is 0.260 e. The first-order chi connectivity index (χ1) is 40.9. The Kier molecular flexibility index (Phi) is 21.5. The van der Waals surface area contributed by atoms with E-state index in [1.165, 1.54) is 40.5 Å². The third-order valence-electron chi connectivity index (χ3n) is 16.5. The van der Waals surface area contributed by atoms with Crippen LogP contribution < -0.4 is 19.6 Å². The minimum atomic E-state index is -0.327. The molecule has 6 aromatic rings. The predicted octanol–water partition coefficient (Wildman–Crippen LogP) is 18.0. The number of phenolic OH excluding ortho intramolecular Hbond substituents is 6. The van der Waals surface area contributed by atoms with Crippen molar-refractivity contribution in [3.8, 4) is 34.5 Å². The molecule has 1 amide bonds. The Hall–Kier alpha value is -8.57. The molecule has 2 aliphatic heterocycles.